The van der Waals surface area contributed by atoms with E-state index in [1.165, 1.54) is 12.1 Å². The quantitative estimate of drug-likeness (QED) is 0.406. The van der Waals surface area contributed by atoms with E-state index in [1.807, 2.05) is 4.90 Å². The fourth-order valence-electron chi connectivity index (χ4n) is 2.06. The molecular weight excluding hydrogens is 452 g/mol. The topological polar surface area (TPSA) is 53.6 Å². The number of amides is 1. The predicted octanol–water partition coefficient (Wildman–Crippen LogP) is 3.63. The zero-order valence-electron chi connectivity index (χ0n) is 12.7. The first kappa shape index (κ1) is 21.1. The molecule has 1 aromatic rings. The number of halogens is 5. The van der Waals surface area contributed by atoms with E-state index in [9.17, 15) is 4.79 Å². The van der Waals surface area contributed by atoms with E-state index in [-0.39, 0.29) is 10.6 Å². The van der Waals surface area contributed by atoms with Crippen LogP contribution in [-0.4, -0.2) is 52.2 Å². The number of rotatable bonds is 3. The number of hydrogen-bond acceptors (Lipinski definition) is 3. The van der Waals surface area contributed by atoms with Gasteiger partial charge in [-0.1, -0.05) is 58.0 Å². The third kappa shape index (κ3) is 6.17. The average Bonchev–Trinajstić information content (AvgIpc) is 2.54. The van der Waals surface area contributed by atoms with Crippen molar-refractivity contribution in [1.82, 2.24) is 15.5 Å². The third-order valence-electron chi connectivity index (χ3n) is 3.34. The number of ether oxygens (including phenoxy) is 1. The van der Waals surface area contributed by atoms with E-state index < -0.39 is 15.9 Å². The van der Waals surface area contributed by atoms with Crippen molar-refractivity contribution in [3.05, 3.63) is 33.8 Å². The van der Waals surface area contributed by atoms with Crippen molar-refractivity contribution in [3.63, 3.8) is 0 Å². The van der Waals surface area contributed by atoms with Crippen molar-refractivity contribution in [2.24, 2.45) is 0 Å². The molecule has 2 N–H and O–H groups in total. The number of alkyl halides is 3. The van der Waals surface area contributed by atoms with E-state index in [0.29, 0.717) is 36.4 Å². The van der Waals surface area contributed by atoms with Gasteiger partial charge in [0.25, 0.3) is 5.91 Å². The Kier molecular flexibility index (Phi) is 7.70. The maximum atomic E-state index is 12.5. The van der Waals surface area contributed by atoms with Gasteiger partial charge in [0.1, 0.15) is 6.17 Å². The molecule has 5 nitrogen and oxygen atoms in total. The van der Waals surface area contributed by atoms with Gasteiger partial charge in [0.05, 0.1) is 23.8 Å². The Morgan fingerprint density at radius 3 is 2.40 bits per heavy atom. The fraction of sp³-hybridized carbons (Fsp3) is 0.429. The Hall–Kier alpha value is -0.210. The summed E-state index contributed by atoms with van der Waals surface area (Å²) in [6.07, 6.45) is -1.06. The van der Waals surface area contributed by atoms with Crippen molar-refractivity contribution in [3.8, 4) is 0 Å². The van der Waals surface area contributed by atoms with Gasteiger partial charge in [0, 0.05) is 18.1 Å². The van der Waals surface area contributed by atoms with Crippen LogP contribution in [0, 0.1) is 0 Å². The number of carbonyl (C=O) groups is 1. The average molecular weight is 466 g/mol. The summed E-state index contributed by atoms with van der Waals surface area (Å²) in [4.78, 5) is 14.3. The molecule has 1 aromatic carbocycles. The maximum Gasteiger partial charge on any atom is 0.254 e. The minimum atomic E-state index is -1.84. The second-order valence-electron chi connectivity index (χ2n) is 5.12. The predicted molar refractivity (Wildman–Crippen MR) is 106 cm³/mol. The zero-order chi connectivity index (χ0) is 18.6. The Morgan fingerprint density at radius 2 is 1.84 bits per heavy atom. The molecule has 0 radical (unpaired) electrons. The highest BCUT2D eigenvalue weighted by atomic mass is 35.6. The number of carbonyl (C=O) groups excluding carboxylic acids is 1. The summed E-state index contributed by atoms with van der Waals surface area (Å²) >= 11 is 35.1. The van der Waals surface area contributed by atoms with Gasteiger partial charge in [-0.25, -0.2) is 0 Å². The second kappa shape index (κ2) is 9.13. The first-order chi connectivity index (χ1) is 11.7. The van der Waals surface area contributed by atoms with Crippen LogP contribution in [0.5, 0.6) is 0 Å². The summed E-state index contributed by atoms with van der Waals surface area (Å²) in [5.74, 6) is -0.532. The molecule has 25 heavy (non-hydrogen) atoms. The molecule has 2 rings (SSSR count). The number of hydrogen-bond donors (Lipinski definition) is 2. The highest BCUT2D eigenvalue weighted by Gasteiger charge is 2.36. The van der Waals surface area contributed by atoms with Crippen LogP contribution < -0.4 is 10.6 Å². The molecular formula is C14H14Cl5N3O2S. The minimum absolute atomic E-state index is 0.184. The third-order valence-corrected chi connectivity index (χ3v) is 4.92. The largest absolute Gasteiger partial charge is 0.378 e. The second-order valence-corrected chi connectivity index (χ2v) is 8.72. The molecule has 0 saturated carbocycles. The zero-order valence-corrected chi connectivity index (χ0v) is 17.3. The van der Waals surface area contributed by atoms with Crippen LogP contribution in [0.25, 0.3) is 0 Å². The van der Waals surface area contributed by atoms with Gasteiger partial charge in [-0.2, -0.15) is 0 Å². The molecule has 1 unspecified atom stereocenters. The molecule has 1 saturated heterocycles. The molecule has 1 aliphatic heterocycles. The molecule has 1 aliphatic rings. The molecule has 0 spiro atoms. The number of nitrogens with zero attached hydrogens (tertiary/aromatic N) is 1. The summed E-state index contributed by atoms with van der Waals surface area (Å²) in [7, 11) is 0. The Labute approximate surface area is 175 Å². The molecule has 1 fully saturated rings. The Morgan fingerprint density at radius 1 is 1.20 bits per heavy atom. The molecule has 1 atom stereocenters. The number of nitrogens with one attached hydrogen (secondary N) is 2. The van der Waals surface area contributed by atoms with Crippen LogP contribution in [-0.2, 0) is 4.74 Å². The molecule has 0 aliphatic carbocycles. The van der Waals surface area contributed by atoms with E-state index in [2.05, 4.69) is 10.6 Å². The lowest BCUT2D eigenvalue weighted by Crippen LogP contribution is -2.59. The van der Waals surface area contributed by atoms with Gasteiger partial charge in [0.2, 0.25) is 3.79 Å². The SMILES string of the molecule is O=C(NC(NC(=S)N1CCOCC1)C(Cl)(Cl)Cl)c1ccc(Cl)cc1Cl. The molecule has 11 heteroatoms. The summed E-state index contributed by atoms with van der Waals surface area (Å²) in [6.45, 7) is 2.31. The monoisotopic (exact) mass is 463 g/mol. The van der Waals surface area contributed by atoms with Crippen LogP contribution in [0.2, 0.25) is 10.0 Å². The van der Waals surface area contributed by atoms with Crippen LogP contribution in [0.3, 0.4) is 0 Å². The summed E-state index contributed by atoms with van der Waals surface area (Å²) in [5.41, 5.74) is 0.199. The van der Waals surface area contributed by atoms with E-state index in [1.54, 1.807) is 6.07 Å². The molecule has 1 heterocycles. The van der Waals surface area contributed by atoms with Crippen molar-refractivity contribution in [1.29, 1.82) is 0 Å². The Balaban J connectivity index is 2.09. The highest BCUT2D eigenvalue weighted by Crippen LogP contribution is 2.30. The first-order valence-corrected chi connectivity index (χ1v) is 9.44. The van der Waals surface area contributed by atoms with Crippen LogP contribution in [0.15, 0.2) is 18.2 Å². The number of morpholine rings is 1. The van der Waals surface area contributed by atoms with Crippen LogP contribution in [0.1, 0.15) is 10.4 Å². The smallest absolute Gasteiger partial charge is 0.254 e. The summed E-state index contributed by atoms with van der Waals surface area (Å²) in [5, 5.41) is 6.39. The van der Waals surface area contributed by atoms with E-state index in [4.69, 9.17) is 75.0 Å². The number of thiocarbonyl (C=S) groups is 1. The van der Waals surface area contributed by atoms with Crippen LogP contribution >= 0.6 is 70.2 Å². The molecule has 1 amide bonds. The minimum Gasteiger partial charge on any atom is -0.378 e. The fourth-order valence-corrected chi connectivity index (χ4v) is 3.19. The lowest BCUT2D eigenvalue weighted by Gasteiger charge is -2.34. The van der Waals surface area contributed by atoms with Crippen molar-refractivity contribution >= 4 is 81.2 Å². The highest BCUT2D eigenvalue weighted by molar-refractivity contribution is 7.80. The van der Waals surface area contributed by atoms with Crippen LogP contribution in [0.4, 0.5) is 0 Å². The normalized spacial score (nSPS) is 16.3. The van der Waals surface area contributed by atoms with Gasteiger partial charge in [-0.05, 0) is 30.4 Å². The molecule has 0 bridgehead atoms. The van der Waals surface area contributed by atoms with Gasteiger partial charge < -0.3 is 20.3 Å². The van der Waals surface area contributed by atoms with Gasteiger partial charge in [-0.3, -0.25) is 4.79 Å². The lowest BCUT2D eigenvalue weighted by molar-refractivity contribution is 0.0671. The summed E-state index contributed by atoms with van der Waals surface area (Å²) in [6, 6.07) is 4.47. The standard InChI is InChI=1S/C14H14Cl5N3O2S/c15-8-1-2-9(10(16)7-8)11(23)20-12(14(17,18)19)21-13(25)22-3-5-24-6-4-22/h1-2,7,12H,3-6H2,(H,20,23)(H,21,25). The van der Waals surface area contributed by atoms with Crippen molar-refractivity contribution in [2.45, 2.75) is 9.96 Å². The van der Waals surface area contributed by atoms with E-state index in [0.717, 1.165) is 0 Å². The van der Waals surface area contributed by atoms with E-state index >= 15 is 0 Å². The molecule has 0 aromatic heterocycles. The maximum absolute atomic E-state index is 12.5. The van der Waals surface area contributed by atoms with Gasteiger partial charge in [-0.15, -0.1) is 0 Å². The van der Waals surface area contributed by atoms with Crippen molar-refractivity contribution < 1.29 is 9.53 Å². The summed E-state index contributed by atoms with van der Waals surface area (Å²) < 4.78 is 3.42. The first-order valence-electron chi connectivity index (χ1n) is 7.14. The lowest BCUT2D eigenvalue weighted by atomic mass is 10.2. The van der Waals surface area contributed by atoms with Crippen molar-refractivity contribution in [2.75, 3.05) is 26.3 Å². The van der Waals surface area contributed by atoms with Gasteiger partial charge in [0.15, 0.2) is 5.11 Å². The number of benzene rings is 1. The Bertz CT molecular complexity index is 650. The van der Waals surface area contributed by atoms with Gasteiger partial charge >= 0.3 is 0 Å². The molecule has 138 valence electrons.